The first-order valence-electron chi connectivity index (χ1n) is 4.85. The van der Waals surface area contributed by atoms with Crippen molar-refractivity contribution in [2.24, 2.45) is 0 Å². The predicted octanol–water partition coefficient (Wildman–Crippen LogP) is 1.95. The molecule has 0 fully saturated rings. The van der Waals surface area contributed by atoms with E-state index in [1.165, 1.54) is 17.8 Å². The number of amides is 1. The fourth-order valence-electron chi connectivity index (χ4n) is 1.45. The van der Waals surface area contributed by atoms with Gasteiger partial charge in [-0.05, 0) is 31.5 Å². The minimum atomic E-state index is -3.78. The number of hydrogen-bond donors (Lipinski definition) is 1. The molecule has 17 heavy (non-hydrogen) atoms. The van der Waals surface area contributed by atoms with Crippen LogP contribution in [0.5, 0.6) is 0 Å². The second-order valence-electron chi connectivity index (χ2n) is 3.78. The highest BCUT2D eigenvalue weighted by Gasteiger charge is 2.30. The molecule has 1 heterocycles. The Balaban J connectivity index is 2.70. The van der Waals surface area contributed by atoms with Gasteiger partial charge >= 0.3 is 0 Å². The molecule has 0 radical (unpaired) electrons. The van der Waals surface area contributed by atoms with Crippen LogP contribution < -0.4 is 4.72 Å². The van der Waals surface area contributed by atoms with E-state index < -0.39 is 21.2 Å². The summed E-state index contributed by atoms with van der Waals surface area (Å²) in [5, 5.41) is 0.0257. The number of benzene rings is 1. The Labute approximate surface area is 109 Å². The van der Waals surface area contributed by atoms with Gasteiger partial charge in [0.05, 0.1) is 5.25 Å². The average Bonchev–Trinajstić information content (AvgIpc) is 2.28. The SMILES string of the molecule is Cc1cc2c(cc1Cl)SC(C)C(=O)NS2(=O)=O. The topological polar surface area (TPSA) is 63.2 Å². The van der Waals surface area contributed by atoms with Gasteiger partial charge in [0.25, 0.3) is 10.0 Å². The van der Waals surface area contributed by atoms with Crippen molar-refractivity contribution in [2.75, 3.05) is 0 Å². The molecule has 7 heteroatoms. The van der Waals surface area contributed by atoms with Gasteiger partial charge in [-0.25, -0.2) is 13.1 Å². The van der Waals surface area contributed by atoms with Crippen LogP contribution in [0.15, 0.2) is 21.9 Å². The van der Waals surface area contributed by atoms with E-state index in [1.54, 1.807) is 19.9 Å². The molecule has 1 aliphatic heterocycles. The van der Waals surface area contributed by atoms with E-state index >= 15 is 0 Å². The van der Waals surface area contributed by atoms with Crippen molar-refractivity contribution >= 4 is 39.3 Å². The summed E-state index contributed by atoms with van der Waals surface area (Å²) in [4.78, 5) is 12.1. The molecule has 0 spiro atoms. The summed E-state index contributed by atoms with van der Waals surface area (Å²) in [5.41, 5.74) is 0.665. The highest BCUT2D eigenvalue weighted by molar-refractivity contribution is 8.02. The number of rotatable bonds is 0. The Kier molecular flexibility index (Phi) is 3.14. The van der Waals surface area contributed by atoms with E-state index in [-0.39, 0.29) is 4.90 Å². The monoisotopic (exact) mass is 291 g/mol. The van der Waals surface area contributed by atoms with E-state index in [0.29, 0.717) is 15.5 Å². The number of nitrogens with one attached hydrogen (secondary N) is 1. The minimum absolute atomic E-state index is 0.113. The molecule has 1 amide bonds. The maximum atomic E-state index is 11.9. The normalized spacial score (nSPS) is 22.5. The summed E-state index contributed by atoms with van der Waals surface area (Å²) in [7, 11) is -3.78. The van der Waals surface area contributed by atoms with E-state index in [0.717, 1.165) is 0 Å². The summed E-state index contributed by atoms with van der Waals surface area (Å²) < 4.78 is 25.9. The molecular weight excluding hydrogens is 282 g/mol. The first-order chi connectivity index (χ1) is 7.81. The molecule has 0 aromatic heterocycles. The molecule has 1 unspecified atom stereocenters. The summed E-state index contributed by atoms with van der Waals surface area (Å²) in [6.07, 6.45) is 0. The first kappa shape index (κ1) is 12.7. The van der Waals surface area contributed by atoms with E-state index in [4.69, 9.17) is 11.6 Å². The minimum Gasteiger partial charge on any atom is -0.273 e. The van der Waals surface area contributed by atoms with E-state index in [1.807, 2.05) is 4.72 Å². The van der Waals surface area contributed by atoms with Crippen LogP contribution in [0.2, 0.25) is 5.02 Å². The quantitative estimate of drug-likeness (QED) is 0.793. The molecule has 1 aromatic carbocycles. The number of aryl methyl sites for hydroxylation is 1. The van der Waals surface area contributed by atoms with Gasteiger partial charge in [0, 0.05) is 9.92 Å². The molecule has 4 nitrogen and oxygen atoms in total. The maximum Gasteiger partial charge on any atom is 0.265 e. The third-order valence-corrected chi connectivity index (χ3v) is 5.50. The molecule has 1 aromatic rings. The van der Waals surface area contributed by atoms with Gasteiger partial charge in [-0.3, -0.25) is 4.79 Å². The second-order valence-corrected chi connectivity index (χ2v) is 7.22. The second kappa shape index (κ2) is 4.19. The molecule has 92 valence electrons. The van der Waals surface area contributed by atoms with Crippen LogP contribution in [-0.2, 0) is 14.8 Å². The lowest BCUT2D eigenvalue weighted by molar-refractivity contribution is -0.118. The van der Waals surface area contributed by atoms with Crippen molar-refractivity contribution in [1.82, 2.24) is 4.72 Å². The standard InChI is InChI=1S/C10H10ClNO3S2/c1-5-3-9-8(4-7(5)11)16-6(2)10(13)12-17(9,14)15/h3-4,6H,1-2H3,(H,12,13). The van der Waals surface area contributed by atoms with Crippen molar-refractivity contribution in [2.45, 2.75) is 28.9 Å². The number of thioether (sulfide) groups is 1. The number of carbonyl (C=O) groups is 1. The lowest BCUT2D eigenvalue weighted by Crippen LogP contribution is -2.33. The van der Waals surface area contributed by atoms with Crippen LogP contribution in [0.1, 0.15) is 12.5 Å². The van der Waals surface area contributed by atoms with Crippen LogP contribution in [0, 0.1) is 6.92 Å². The Morgan fingerprint density at radius 2 is 2.06 bits per heavy atom. The number of halogens is 1. The predicted molar refractivity (Wildman–Crippen MR) is 66.8 cm³/mol. The Hall–Kier alpha value is -0.720. The molecule has 0 bridgehead atoms. The summed E-state index contributed by atoms with van der Waals surface area (Å²) >= 11 is 7.15. The van der Waals surface area contributed by atoms with Crippen LogP contribution in [-0.4, -0.2) is 19.6 Å². The smallest absolute Gasteiger partial charge is 0.265 e. The van der Waals surface area contributed by atoms with Crippen LogP contribution in [0.3, 0.4) is 0 Å². The van der Waals surface area contributed by atoms with E-state index in [9.17, 15) is 13.2 Å². The molecule has 1 N–H and O–H groups in total. The number of fused-ring (bicyclic) bond motifs is 1. The third kappa shape index (κ3) is 2.29. The molecule has 1 aliphatic rings. The number of sulfonamides is 1. The van der Waals surface area contributed by atoms with Crippen molar-refractivity contribution < 1.29 is 13.2 Å². The van der Waals surface area contributed by atoms with Crippen LogP contribution in [0.4, 0.5) is 0 Å². The Morgan fingerprint density at radius 1 is 1.41 bits per heavy atom. The van der Waals surface area contributed by atoms with Gasteiger partial charge in [0.2, 0.25) is 5.91 Å². The van der Waals surface area contributed by atoms with Crippen molar-refractivity contribution in [1.29, 1.82) is 0 Å². The van der Waals surface area contributed by atoms with Crippen LogP contribution >= 0.6 is 23.4 Å². The Morgan fingerprint density at radius 3 is 2.71 bits per heavy atom. The van der Waals surface area contributed by atoms with Crippen molar-refractivity contribution in [3.8, 4) is 0 Å². The highest BCUT2D eigenvalue weighted by Crippen LogP contribution is 2.36. The summed E-state index contributed by atoms with van der Waals surface area (Å²) in [6.45, 7) is 3.37. The summed E-state index contributed by atoms with van der Waals surface area (Å²) in [6, 6.07) is 3.07. The van der Waals surface area contributed by atoms with Crippen LogP contribution in [0.25, 0.3) is 0 Å². The van der Waals surface area contributed by atoms with Gasteiger partial charge in [0.1, 0.15) is 4.90 Å². The maximum absolute atomic E-state index is 11.9. The van der Waals surface area contributed by atoms with Gasteiger partial charge in [0.15, 0.2) is 0 Å². The average molecular weight is 292 g/mol. The molecular formula is C10H10ClNO3S2. The zero-order valence-corrected chi connectivity index (χ0v) is 11.5. The molecule has 2 rings (SSSR count). The van der Waals surface area contributed by atoms with E-state index in [2.05, 4.69) is 0 Å². The van der Waals surface area contributed by atoms with Crippen molar-refractivity contribution in [3.63, 3.8) is 0 Å². The lowest BCUT2D eigenvalue weighted by Gasteiger charge is -2.08. The fraction of sp³-hybridized carbons (Fsp3) is 0.300. The zero-order chi connectivity index (χ0) is 12.8. The highest BCUT2D eigenvalue weighted by atomic mass is 35.5. The lowest BCUT2D eigenvalue weighted by atomic mass is 10.2. The first-order valence-corrected chi connectivity index (χ1v) is 7.59. The van der Waals surface area contributed by atoms with Gasteiger partial charge in [-0.1, -0.05) is 11.6 Å². The van der Waals surface area contributed by atoms with Gasteiger partial charge in [-0.2, -0.15) is 0 Å². The molecule has 0 saturated heterocycles. The van der Waals surface area contributed by atoms with Gasteiger partial charge in [-0.15, -0.1) is 11.8 Å². The number of hydrogen-bond acceptors (Lipinski definition) is 4. The fourth-order valence-corrected chi connectivity index (χ4v) is 4.34. The molecule has 1 atom stereocenters. The van der Waals surface area contributed by atoms with Crippen molar-refractivity contribution in [3.05, 3.63) is 22.7 Å². The largest absolute Gasteiger partial charge is 0.273 e. The molecule has 0 saturated carbocycles. The summed E-state index contributed by atoms with van der Waals surface area (Å²) in [5.74, 6) is -0.514. The Bertz CT molecular complexity index is 598. The third-order valence-electron chi connectivity index (χ3n) is 2.42. The number of carbonyl (C=O) groups excluding carboxylic acids is 1. The molecule has 0 aliphatic carbocycles. The zero-order valence-electron chi connectivity index (χ0n) is 9.15. The van der Waals surface area contributed by atoms with Gasteiger partial charge < -0.3 is 0 Å².